The van der Waals surface area contributed by atoms with Gasteiger partial charge in [0.05, 0.1) is 17.8 Å². The molecule has 4 rings (SSSR count). The minimum Gasteiger partial charge on any atom is -0.336 e. The Morgan fingerprint density at radius 1 is 1.30 bits per heavy atom. The number of amides is 1. The predicted molar refractivity (Wildman–Crippen MR) is 106 cm³/mol. The third-order valence-electron chi connectivity index (χ3n) is 5.39. The Hall–Kier alpha value is -2.54. The van der Waals surface area contributed by atoms with Crippen molar-refractivity contribution in [1.29, 1.82) is 0 Å². The zero-order valence-electron chi connectivity index (χ0n) is 15.5. The van der Waals surface area contributed by atoms with E-state index in [2.05, 4.69) is 9.97 Å². The van der Waals surface area contributed by atoms with Gasteiger partial charge in [-0.2, -0.15) is 0 Å². The zero-order chi connectivity index (χ0) is 19.0. The normalized spacial score (nSPS) is 17.0. The Bertz CT molecular complexity index is 1040. The third kappa shape index (κ3) is 3.27. The molecule has 0 spiro atoms. The largest absolute Gasteiger partial charge is 0.336 e. The highest BCUT2D eigenvalue weighted by Crippen LogP contribution is 2.32. The second-order valence-electron chi connectivity index (χ2n) is 6.98. The second-order valence-corrected chi connectivity index (χ2v) is 8.19. The van der Waals surface area contributed by atoms with Crippen LogP contribution < -0.4 is 5.56 Å². The van der Waals surface area contributed by atoms with Gasteiger partial charge >= 0.3 is 0 Å². The highest BCUT2D eigenvalue weighted by molar-refractivity contribution is 7.18. The fourth-order valence-electron chi connectivity index (χ4n) is 3.79. The number of pyridine rings is 1. The van der Waals surface area contributed by atoms with Crippen molar-refractivity contribution in [3.63, 3.8) is 0 Å². The van der Waals surface area contributed by atoms with Crippen molar-refractivity contribution in [2.75, 3.05) is 6.54 Å². The van der Waals surface area contributed by atoms with Gasteiger partial charge in [0, 0.05) is 36.8 Å². The van der Waals surface area contributed by atoms with E-state index in [9.17, 15) is 9.59 Å². The lowest BCUT2D eigenvalue weighted by Crippen LogP contribution is -2.32. The van der Waals surface area contributed by atoms with Crippen LogP contribution in [0.25, 0.3) is 10.2 Å². The zero-order valence-corrected chi connectivity index (χ0v) is 16.3. The summed E-state index contributed by atoms with van der Waals surface area (Å²) in [6.07, 6.45) is 7.37. The molecule has 1 aliphatic heterocycles. The van der Waals surface area contributed by atoms with Crippen LogP contribution >= 0.6 is 11.3 Å². The number of carbonyl (C=O) groups excluding carboxylic acids is 1. The van der Waals surface area contributed by atoms with E-state index >= 15 is 0 Å². The Kier molecular flexibility index (Phi) is 4.78. The van der Waals surface area contributed by atoms with Gasteiger partial charge in [-0.15, -0.1) is 11.3 Å². The number of fused-ring (bicyclic) bond motifs is 1. The molecule has 140 valence electrons. The predicted octanol–water partition coefficient (Wildman–Crippen LogP) is 3.22. The Balaban J connectivity index is 1.51. The first-order chi connectivity index (χ1) is 13.1. The van der Waals surface area contributed by atoms with Crippen LogP contribution in [0.4, 0.5) is 0 Å². The minimum absolute atomic E-state index is 0.0539. The molecule has 0 saturated carbocycles. The number of aromatic nitrogens is 3. The molecule has 0 radical (unpaired) electrons. The highest BCUT2D eigenvalue weighted by atomic mass is 32.1. The van der Waals surface area contributed by atoms with Crippen molar-refractivity contribution in [3.05, 3.63) is 57.2 Å². The summed E-state index contributed by atoms with van der Waals surface area (Å²) < 4.78 is 1.57. The van der Waals surface area contributed by atoms with E-state index in [0.29, 0.717) is 18.4 Å². The fourth-order valence-corrected chi connectivity index (χ4v) is 4.77. The highest BCUT2D eigenvalue weighted by Gasteiger charge is 2.29. The first kappa shape index (κ1) is 17.9. The van der Waals surface area contributed by atoms with Crippen molar-refractivity contribution in [2.45, 2.75) is 45.7 Å². The molecule has 3 aromatic heterocycles. The van der Waals surface area contributed by atoms with Crippen molar-refractivity contribution in [2.24, 2.45) is 0 Å². The van der Waals surface area contributed by atoms with Gasteiger partial charge in [-0.3, -0.25) is 19.1 Å². The topological polar surface area (TPSA) is 68.1 Å². The summed E-state index contributed by atoms with van der Waals surface area (Å²) in [5, 5.41) is 0.684. The van der Waals surface area contributed by atoms with Gasteiger partial charge in [0.1, 0.15) is 4.83 Å². The Labute approximate surface area is 161 Å². The maximum absolute atomic E-state index is 12.8. The van der Waals surface area contributed by atoms with E-state index in [1.807, 2.05) is 30.9 Å². The molecule has 0 N–H and O–H groups in total. The van der Waals surface area contributed by atoms with Crippen LogP contribution in [0.5, 0.6) is 0 Å². The van der Waals surface area contributed by atoms with Crippen molar-refractivity contribution in [3.8, 4) is 0 Å². The van der Waals surface area contributed by atoms with Crippen molar-refractivity contribution < 1.29 is 4.79 Å². The Morgan fingerprint density at radius 2 is 2.07 bits per heavy atom. The molecule has 0 bridgehead atoms. The number of nitrogens with zero attached hydrogens (tertiary/aromatic N) is 4. The van der Waals surface area contributed by atoms with E-state index in [0.717, 1.165) is 40.2 Å². The first-order valence-electron chi connectivity index (χ1n) is 9.21. The number of aryl methyl sites for hydroxylation is 3. The molecule has 1 aliphatic rings. The average molecular weight is 382 g/mol. The lowest BCUT2D eigenvalue weighted by Gasteiger charge is -2.25. The van der Waals surface area contributed by atoms with Crippen LogP contribution in [0.3, 0.4) is 0 Å². The molecule has 0 unspecified atom stereocenters. The standard InChI is InChI=1S/C20H22N4O2S/c1-13-14(2)27-19-18(13)20(26)23(12-22-19)11-7-17(25)24-10-3-4-16(24)15-5-8-21-9-6-15/h5-6,8-9,12,16H,3-4,7,10-11H2,1-2H3/t16-/m1/s1. The number of rotatable bonds is 4. The lowest BCUT2D eigenvalue weighted by atomic mass is 10.1. The molecule has 0 aliphatic carbocycles. The second kappa shape index (κ2) is 7.23. The molecule has 4 heterocycles. The maximum Gasteiger partial charge on any atom is 0.262 e. The number of hydrogen-bond acceptors (Lipinski definition) is 5. The quantitative estimate of drug-likeness (QED) is 0.695. The molecule has 1 atom stereocenters. The van der Waals surface area contributed by atoms with E-state index < -0.39 is 0 Å². The van der Waals surface area contributed by atoms with Crippen LogP contribution in [-0.2, 0) is 11.3 Å². The summed E-state index contributed by atoms with van der Waals surface area (Å²) >= 11 is 1.54. The number of hydrogen-bond donors (Lipinski definition) is 0. The van der Waals surface area contributed by atoms with E-state index in [1.54, 1.807) is 23.3 Å². The van der Waals surface area contributed by atoms with Gasteiger partial charge < -0.3 is 4.90 Å². The van der Waals surface area contributed by atoms with Gasteiger partial charge in [-0.25, -0.2) is 4.98 Å². The third-order valence-corrected chi connectivity index (χ3v) is 6.50. The SMILES string of the molecule is Cc1sc2ncn(CCC(=O)N3CCC[C@@H]3c3ccncc3)c(=O)c2c1C. The summed E-state index contributed by atoms with van der Waals surface area (Å²) in [7, 11) is 0. The average Bonchev–Trinajstić information content (AvgIpc) is 3.27. The van der Waals surface area contributed by atoms with Crippen LogP contribution in [-0.4, -0.2) is 31.9 Å². The van der Waals surface area contributed by atoms with Crippen molar-refractivity contribution >= 4 is 27.5 Å². The van der Waals surface area contributed by atoms with E-state index in [-0.39, 0.29) is 17.5 Å². The van der Waals surface area contributed by atoms with E-state index in [1.165, 1.54) is 11.3 Å². The Morgan fingerprint density at radius 3 is 2.85 bits per heavy atom. The van der Waals surface area contributed by atoms with Gasteiger partial charge in [-0.05, 0) is 49.9 Å². The minimum atomic E-state index is -0.0539. The molecular formula is C20H22N4O2S. The summed E-state index contributed by atoms with van der Waals surface area (Å²) in [5.41, 5.74) is 2.06. The summed E-state index contributed by atoms with van der Waals surface area (Å²) in [5.74, 6) is 0.0829. The molecular weight excluding hydrogens is 360 g/mol. The molecule has 1 amide bonds. The molecule has 7 heteroatoms. The van der Waals surface area contributed by atoms with Crippen LogP contribution in [0.15, 0.2) is 35.6 Å². The fraction of sp³-hybridized carbons (Fsp3) is 0.400. The number of likely N-dealkylation sites (tertiary alicyclic amines) is 1. The lowest BCUT2D eigenvalue weighted by molar-refractivity contribution is -0.132. The van der Waals surface area contributed by atoms with Crippen LogP contribution in [0, 0.1) is 13.8 Å². The first-order valence-corrected chi connectivity index (χ1v) is 10.0. The van der Waals surface area contributed by atoms with Crippen LogP contribution in [0.2, 0.25) is 0 Å². The smallest absolute Gasteiger partial charge is 0.262 e. The summed E-state index contributed by atoms with van der Waals surface area (Å²) in [6.45, 7) is 5.08. The van der Waals surface area contributed by atoms with E-state index in [4.69, 9.17) is 0 Å². The van der Waals surface area contributed by atoms with Gasteiger partial charge in [0.2, 0.25) is 5.91 Å². The summed E-state index contributed by atoms with van der Waals surface area (Å²) in [4.78, 5) is 37.9. The molecule has 0 aromatic carbocycles. The maximum atomic E-state index is 12.8. The molecule has 6 nitrogen and oxygen atoms in total. The molecule has 27 heavy (non-hydrogen) atoms. The van der Waals surface area contributed by atoms with Crippen molar-refractivity contribution in [1.82, 2.24) is 19.4 Å². The number of thiophene rings is 1. The number of carbonyl (C=O) groups is 1. The van der Waals surface area contributed by atoms with Gasteiger partial charge in [-0.1, -0.05) is 0 Å². The van der Waals surface area contributed by atoms with Gasteiger partial charge in [0.15, 0.2) is 0 Å². The van der Waals surface area contributed by atoms with Crippen LogP contribution in [0.1, 0.15) is 41.3 Å². The van der Waals surface area contributed by atoms with Gasteiger partial charge in [0.25, 0.3) is 5.56 Å². The molecule has 1 fully saturated rings. The monoisotopic (exact) mass is 382 g/mol. The summed E-state index contributed by atoms with van der Waals surface area (Å²) in [6, 6.07) is 4.06. The molecule has 3 aromatic rings. The molecule has 1 saturated heterocycles.